The van der Waals surface area contributed by atoms with Crippen LogP contribution >= 0.6 is 0 Å². The Bertz CT molecular complexity index is 582. The first-order valence-corrected chi connectivity index (χ1v) is 6.44. The van der Waals surface area contributed by atoms with Gasteiger partial charge in [-0.1, -0.05) is 36.4 Å². The standard InChI is InChI=1S/C16H18N2O2/c1-12-9-14(16(17)19)7-8-15(12)10-18-20-11-13-5-3-2-4-6-13/h2-9,18H,10-11H2,1H3,(H2,17,19). The molecule has 0 atom stereocenters. The van der Waals surface area contributed by atoms with Gasteiger partial charge >= 0.3 is 0 Å². The van der Waals surface area contributed by atoms with Gasteiger partial charge in [0.2, 0.25) is 5.91 Å². The normalized spacial score (nSPS) is 10.4. The van der Waals surface area contributed by atoms with E-state index in [0.717, 1.165) is 16.7 Å². The third-order valence-electron chi connectivity index (χ3n) is 3.07. The van der Waals surface area contributed by atoms with Crippen LogP contribution in [0.2, 0.25) is 0 Å². The Kier molecular flexibility index (Phi) is 4.87. The number of rotatable bonds is 6. The molecule has 104 valence electrons. The third-order valence-corrected chi connectivity index (χ3v) is 3.07. The van der Waals surface area contributed by atoms with Gasteiger partial charge in [-0.15, -0.1) is 0 Å². The quantitative estimate of drug-likeness (QED) is 0.625. The first kappa shape index (κ1) is 14.2. The van der Waals surface area contributed by atoms with E-state index in [1.807, 2.05) is 43.3 Å². The van der Waals surface area contributed by atoms with Gasteiger partial charge in [0.15, 0.2) is 0 Å². The van der Waals surface area contributed by atoms with Crippen LogP contribution in [0.25, 0.3) is 0 Å². The zero-order chi connectivity index (χ0) is 14.4. The molecule has 1 amide bonds. The van der Waals surface area contributed by atoms with Crippen molar-refractivity contribution >= 4 is 5.91 Å². The van der Waals surface area contributed by atoms with E-state index in [2.05, 4.69) is 5.48 Å². The third kappa shape index (κ3) is 3.91. The van der Waals surface area contributed by atoms with Crippen LogP contribution in [0.4, 0.5) is 0 Å². The first-order valence-electron chi connectivity index (χ1n) is 6.44. The average molecular weight is 270 g/mol. The molecule has 0 saturated carbocycles. The van der Waals surface area contributed by atoms with Crippen LogP contribution in [0.5, 0.6) is 0 Å². The molecule has 2 rings (SSSR count). The predicted molar refractivity (Wildman–Crippen MR) is 77.8 cm³/mol. The Morgan fingerprint density at radius 3 is 2.60 bits per heavy atom. The van der Waals surface area contributed by atoms with Crippen LogP contribution in [0.3, 0.4) is 0 Å². The smallest absolute Gasteiger partial charge is 0.248 e. The second kappa shape index (κ2) is 6.84. The van der Waals surface area contributed by atoms with E-state index in [4.69, 9.17) is 10.6 Å². The molecule has 0 unspecified atom stereocenters. The predicted octanol–water partition coefficient (Wildman–Crippen LogP) is 2.32. The molecular weight excluding hydrogens is 252 g/mol. The summed E-state index contributed by atoms with van der Waals surface area (Å²) in [5.41, 5.74) is 11.9. The van der Waals surface area contributed by atoms with Crippen molar-refractivity contribution in [3.8, 4) is 0 Å². The van der Waals surface area contributed by atoms with Crippen molar-refractivity contribution in [1.82, 2.24) is 5.48 Å². The lowest BCUT2D eigenvalue weighted by atomic mass is 10.1. The minimum Gasteiger partial charge on any atom is -0.366 e. The van der Waals surface area contributed by atoms with Crippen LogP contribution in [-0.2, 0) is 18.0 Å². The lowest BCUT2D eigenvalue weighted by Gasteiger charge is -2.09. The maximum atomic E-state index is 11.1. The Morgan fingerprint density at radius 2 is 1.95 bits per heavy atom. The van der Waals surface area contributed by atoms with Crippen molar-refractivity contribution in [2.45, 2.75) is 20.1 Å². The number of nitrogens with two attached hydrogens (primary N) is 1. The fourth-order valence-electron chi connectivity index (χ4n) is 1.88. The second-order valence-electron chi connectivity index (χ2n) is 4.60. The van der Waals surface area contributed by atoms with Crippen molar-refractivity contribution in [2.24, 2.45) is 5.73 Å². The molecule has 0 saturated heterocycles. The number of amides is 1. The molecule has 0 bridgehead atoms. The van der Waals surface area contributed by atoms with E-state index < -0.39 is 5.91 Å². The largest absolute Gasteiger partial charge is 0.366 e. The summed E-state index contributed by atoms with van der Waals surface area (Å²) < 4.78 is 0. The van der Waals surface area contributed by atoms with Gasteiger partial charge in [-0.25, -0.2) is 0 Å². The summed E-state index contributed by atoms with van der Waals surface area (Å²) >= 11 is 0. The SMILES string of the molecule is Cc1cc(C(N)=O)ccc1CNOCc1ccccc1. The zero-order valence-electron chi connectivity index (χ0n) is 11.4. The zero-order valence-corrected chi connectivity index (χ0v) is 11.4. The summed E-state index contributed by atoms with van der Waals surface area (Å²) in [6.45, 7) is 3.04. The topological polar surface area (TPSA) is 64.4 Å². The number of hydroxylamine groups is 1. The molecule has 0 aliphatic carbocycles. The molecule has 0 radical (unpaired) electrons. The minimum absolute atomic E-state index is 0.409. The van der Waals surface area contributed by atoms with Gasteiger partial charge < -0.3 is 5.73 Å². The Hall–Kier alpha value is -2.17. The van der Waals surface area contributed by atoms with Crippen LogP contribution in [-0.4, -0.2) is 5.91 Å². The number of aryl methyl sites for hydroxylation is 1. The highest BCUT2D eigenvalue weighted by Crippen LogP contribution is 2.11. The van der Waals surface area contributed by atoms with Crippen molar-refractivity contribution in [1.29, 1.82) is 0 Å². The Labute approximate surface area is 118 Å². The number of carbonyl (C=O) groups excluding carboxylic acids is 1. The van der Waals surface area contributed by atoms with E-state index in [-0.39, 0.29) is 0 Å². The van der Waals surface area contributed by atoms with Crippen LogP contribution in [0, 0.1) is 6.92 Å². The summed E-state index contributed by atoms with van der Waals surface area (Å²) in [6, 6.07) is 15.3. The molecule has 0 aliphatic heterocycles. The molecule has 20 heavy (non-hydrogen) atoms. The molecule has 0 heterocycles. The monoisotopic (exact) mass is 270 g/mol. The number of nitrogens with one attached hydrogen (secondary N) is 1. The minimum atomic E-state index is -0.409. The van der Waals surface area contributed by atoms with Crippen LogP contribution < -0.4 is 11.2 Å². The molecular formula is C16H18N2O2. The second-order valence-corrected chi connectivity index (χ2v) is 4.60. The summed E-state index contributed by atoms with van der Waals surface area (Å²) in [5, 5.41) is 0. The summed E-state index contributed by atoms with van der Waals surface area (Å²) in [7, 11) is 0. The maximum Gasteiger partial charge on any atom is 0.248 e. The van der Waals surface area contributed by atoms with Gasteiger partial charge in [-0.05, 0) is 35.7 Å². The molecule has 4 heteroatoms. The van der Waals surface area contributed by atoms with Gasteiger partial charge in [0.25, 0.3) is 0 Å². The number of carbonyl (C=O) groups is 1. The number of hydrogen-bond acceptors (Lipinski definition) is 3. The molecule has 0 fully saturated rings. The number of benzene rings is 2. The Morgan fingerprint density at radius 1 is 1.20 bits per heavy atom. The highest BCUT2D eigenvalue weighted by molar-refractivity contribution is 5.93. The molecule has 0 aromatic heterocycles. The lowest BCUT2D eigenvalue weighted by Crippen LogP contribution is -2.16. The van der Waals surface area contributed by atoms with Crippen molar-refractivity contribution in [2.75, 3.05) is 0 Å². The fraction of sp³-hybridized carbons (Fsp3) is 0.188. The first-order chi connectivity index (χ1) is 9.66. The molecule has 0 aliphatic rings. The van der Waals surface area contributed by atoms with E-state index in [9.17, 15) is 4.79 Å². The maximum absolute atomic E-state index is 11.1. The molecule has 0 spiro atoms. The van der Waals surface area contributed by atoms with Crippen molar-refractivity contribution in [3.63, 3.8) is 0 Å². The Balaban J connectivity index is 1.84. The van der Waals surface area contributed by atoms with E-state index >= 15 is 0 Å². The molecule has 3 N–H and O–H groups in total. The van der Waals surface area contributed by atoms with Crippen LogP contribution in [0.1, 0.15) is 27.0 Å². The summed E-state index contributed by atoms with van der Waals surface area (Å²) in [5.74, 6) is -0.409. The van der Waals surface area contributed by atoms with Gasteiger partial charge in [-0.2, -0.15) is 5.48 Å². The van der Waals surface area contributed by atoms with Gasteiger partial charge in [-0.3, -0.25) is 9.63 Å². The van der Waals surface area contributed by atoms with Crippen LogP contribution in [0.15, 0.2) is 48.5 Å². The van der Waals surface area contributed by atoms with Crippen molar-refractivity contribution < 1.29 is 9.63 Å². The summed E-state index contributed by atoms with van der Waals surface area (Å²) in [6.07, 6.45) is 0. The highest BCUT2D eigenvalue weighted by atomic mass is 16.6. The number of hydrogen-bond donors (Lipinski definition) is 2. The van der Waals surface area contributed by atoms with Crippen molar-refractivity contribution in [3.05, 3.63) is 70.8 Å². The van der Waals surface area contributed by atoms with E-state index in [0.29, 0.717) is 18.7 Å². The lowest BCUT2D eigenvalue weighted by molar-refractivity contribution is 0.0234. The van der Waals surface area contributed by atoms with Gasteiger partial charge in [0.1, 0.15) is 0 Å². The number of primary amides is 1. The molecule has 2 aromatic carbocycles. The van der Waals surface area contributed by atoms with Gasteiger partial charge in [0, 0.05) is 12.1 Å². The molecule has 4 nitrogen and oxygen atoms in total. The van der Waals surface area contributed by atoms with Gasteiger partial charge in [0.05, 0.1) is 6.61 Å². The van der Waals surface area contributed by atoms with E-state index in [1.165, 1.54) is 0 Å². The average Bonchev–Trinajstić information content (AvgIpc) is 2.46. The highest BCUT2D eigenvalue weighted by Gasteiger charge is 2.04. The summed E-state index contributed by atoms with van der Waals surface area (Å²) in [4.78, 5) is 16.5. The van der Waals surface area contributed by atoms with E-state index in [1.54, 1.807) is 12.1 Å². The molecule has 2 aromatic rings. The fourth-order valence-corrected chi connectivity index (χ4v) is 1.88.